The van der Waals surface area contributed by atoms with Crippen LogP contribution in [0.4, 0.5) is 0 Å². The zero-order valence-electron chi connectivity index (χ0n) is 11.6. The maximum absolute atomic E-state index is 12.1. The van der Waals surface area contributed by atoms with E-state index in [2.05, 4.69) is 6.92 Å². The van der Waals surface area contributed by atoms with Crippen LogP contribution in [-0.4, -0.2) is 12.6 Å². The molecule has 0 radical (unpaired) electrons. The highest BCUT2D eigenvalue weighted by atomic mass is 16.5. The van der Waals surface area contributed by atoms with E-state index < -0.39 is 0 Å². The number of hydrogen-bond acceptors (Lipinski definition) is 2. The standard InChI is InChI=1S/C16H26O2/c1-11-3-2-4-14(7-11)16(17)18-10-12-5-6-13-9-15(13)8-12/h11-15H,2-10H2,1H3. The molecule has 3 aliphatic carbocycles. The van der Waals surface area contributed by atoms with E-state index in [4.69, 9.17) is 4.74 Å². The van der Waals surface area contributed by atoms with Crippen molar-refractivity contribution in [1.29, 1.82) is 0 Å². The molecule has 2 nitrogen and oxygen atoms in total. The minimum absolute atomic E-state index is 0.0967. The lowest BCUT2D eigenvalue weighted by Gasteiger charge is -2.26. The molecule has 0 amide bonds. The van der Waals surface area contributed by atoms with E-state index in [9.17, 15) is 4.79 Å². The van der Waals surface area contributed by atoms with Crippen molar-refractivity contribution < 1.29 is 9.53 Å². The van der Waals surface area contributed by atoms with Crippen LogP contribution in [0.5, 0.6) is 0 Å². The number of hydrogen-bond donors (Lipinski definition) is 0. The molecule has 5 atom stereocenters. The molecule has 0 aromatic rings. The van der Waals surface area contributed by atoms with Gasteiger partial charge in [-0.25, -0.2) is 0 Å². The SMILES string of the molecule is CC1CCCC(C(=O)OCC2CCC3CC3C2)C1. The van der Waals surface area contributed by atoms with Gasteiger partial charge in [-0.3, -0.25) is 4.79 Å². The zero-order chi connectivity index (χ0) is 12.5. The van der Waals surface area contributed by atoms with Crippen molar-refractivity contribution in [3.8, 4) is 0 Å². The highest BCUT2D eigenvalue weighted by molar-refractivity contribution is 5.72. The monoisotopic (exact) mass is 250 g/mol. The van der Waals surface area contributed by atoms with E-state index >= 15 is 0 Å². The van der Waals surface area contributed by atoms with Gasteiger partial charge in [0.25, 0.3) is 0 Å². The molecule has 0 heterocycles. The first-order valence-electron chi connectivity index (χ1n) is 7.89. The summed E-state index contributed by atoms with van der Waals surface area (Å²) in [7, 11) is 0. The van der Waals surface area contributed by atoms with Crippen molar-refractivity contribution in [2.45, 2.75) is 58.3 Å². The Morgan fingerprint density at radius 2 is 1.94 bits per heavy atom. The second-order valence-electron chi connectivity index (χ2n) is 7.03. The molecule has 0 spiro atoms. The van der Waals surface area contributed by atoms with Crippen LogP contribution in [0, 0.1) is 29.6 Å². The van der Waals surface area contributed by atoms with E-state index in [0.717, 1.165) is 24.7 Å². The Morgan fingerprint density at radius 3 is 2.72 bits per heavy atom. The number of ether oxygens (including phenoxy) is 1. The maximum Gasteiger partial charge on any atom is 0.308 e. The molecule has 102 valence electrons. The molecule has 5 unspecified atom stereocenters. The van der Waals surface area contributed by atoms with Crippen molar-refractivity contribution in [2.24, 2.45) is 29.6 Å². The van der Waals surface area contributed by atoms with Crippen LogP contribution >= 0.6 is 0 Å². The number of carbonyl (C=O) groups excluding carboxylic acids is 1. The summed E-state index contributed by atoms with van der Waals surface area (Å²) in [6.07, 6.45) is 10.0. The Kier molecular flexibility index (Phi) is 3.63. The number of carbonyl (C=O) groups is 1. The van der Waals surface area contributed by atoms with Crippen LogP contribution in [0.25, 0.3) is 0 Å². The molecule has 0 aromatic carbocycles. The molecule has 3 fully saturated rings. The first-order chi connectivity index (χ1) is 8.72. The Bertz CT molecular complexity index is 312. The van der Waals surface area contributed by atoms with Crippen LogP contribution in [0.3, 0.4) is 0 Å². The van der Waals surface area contributed by atoms with E-state index in [-0.39, 0.29) is 11.9 Å². The summed E-state index contributed by atoms with van der Waals surface area (Å²) in [6, 6.07) is 0. The molecule has 0 aliphatic heterocycles. The second-order valence-corrected chi connectivity index (χ2v) is 7.03. The fourth-order valence-electron chi connectivity index (χ4n) is 4.07. The van der Waals surface area contributed by atoms with E-state index in [1.165, 1.54) is 38.5 Å². The van der Waals surface area contributed by atoms with Crippen molar-refractivity contribution in [3.63, 3.8) is 0 Å². The zero-order valence-corrected chi connectivity index (χ0v) is 11.6. The molecule has 18 heavy (non-hydrogen) atoms. The number of rotatable bonds is 3. The normalized spacial score (nSPS) is 43.1. The van der Waals surface area contributed by atoms with Crippen LogP contribution in [0.15, 0.2) is 0 Å². The minimum atomic E-state index is 0.0967. The number of fused-ring (bicyclic) bond motifs is 1. The van der Waals surface area contributed by atoms with E-state index in [1.54, 1.807) is 0 Å². The average Bonchev–Trinajstić information content (AvgIpc) is 3.14. The van der Waals surface area contributed by atoms with Crippen molar-refractivity contribution in [2.75, 3.05) is 6.61 Å². The molecule has 3 saturated carbocycles. The van der Waals surface area contributed by atoms with Gasteiger partial charge in [0.05, 0.1) is 12.5 Å². The van der Waals surface area contributed by atoms with Gasteiger partial charge >= 0.3 is 5.97 Å². The van der Waals surface area contributed by atoms with Gasteiger partial charge in [-0.15, -0.1) is 0 Å². The second kappa shape index (κ2) is 5.22. The summed E-state index contributed by atoms with van der Waals surface area (Å²) >= 11 is 0. The average molecular weight is 250 g/mol. The van der Waals surface area contributed by atoms with E-state index in [1.807, 2.05) is 0 Å². The fraction of sp³-hybridized carbons (Fsp3) is 0.938. The van der Waals surface area contributed by atoms with Gasteiger partial charge < -0.3 is 4.74 Å². The summed E-state index contributed by atoms with van der Waals surface area (Å²) in [5.41, 5.74) is 0. The highest BCUT2D eigenvalue weighted by Gasteiger charge is 2.42. The van der Waals surface area contributed by atoms with E-state index in [0.29, 0.717) is 18.4 Å². The first-order valence-corrected chi connectivity index (χ1v) is 7.89. The smallest absolute Gasteiger partial charge is 0.308 e. The molecule has 2 heteroatoms. The molecule has 3 rings (SSSR count). The quantitative estimate of drug-likeness (QED) is 0.712. The van der Waals surface area contributed by atoms with Gasteiger partial charge in [0, 0.05) is 0 Å². The maximum atomic E-state index is 12.1. The largest absolute Gasteiger partial charge is 0.465 e. The fourth-order valence-corrected chi connectivity index (χ4v) is 4.07. The third kappa shape index (κ3) is 2.89. The molecule has 0 saturated heterocycles. The van der Waals surface area contributed by atoms with Crippen LogP contribution in [-0.2, 0) is 9.53 Å². The Morgan fingerprint density at radius 1 is 1.06 bits per heavy atom. The van der Waals surface area contributed by atoms with Crippen LogP contribution in [0.2, 0.25) is 0 Å². The predicted octanol–water partition coefficient (Wildman–Crippen LogP) is 3.79. The Balaban J connectivity index is 1.40. The van der Waals surface area contributed by atoms with Gasteiger partial charge in [-0.05, 0) is 62.2 Å². The summed E-state index contributed by atoms with van der Waals surface area (Å²) in [5.74, 6) is 3.69. The molecule has 3 aliphatic rings. The topological polar surface area (TPSA) is 26.3 Å². The molecule has 0 bridgehead atoms. The van der Waals surface area contributed by atoms with Gasteiger partial charge in [-0.2, -0.15) is 0 Å². The third-order valence-electron chi connectivity index (χ3n) is 5.38. The van der Waals surface area contributed by atoms with Gasteiger partial charge in [0.2, 0.25) is 0 Å². The third-order valence-corrected chi connectivity index (χ3v) is 5.38. The summed E-state index contributed by atoms with van der Waals surface area (Å²) in [6.45, 7) is 2.96. The highest BCUT2D eigenvalue weighted by Crippen LogP contribution is 2.51. The van der Waals surface area contributed by atoms with Gasteiger partial charge in [0.1, 0.15) is 0 Å². The van der Waals surface area contributed by atoms with Crippen LogP contribution < -0.4 is 0 Å². The Labute approximate surface area is 110 Å². The predicted molar refractivity (Wildman–Crippen MR) is 71.0 cm³/mol. The molecule has 0 aromatic heterocycles. The van der Waals surface area contributed by atoms with Crippen molar-refractivity contribution in [1.82, 2.24) is 0 Å². The van der Waals surface area contributed by atoms with Crippen LogP contribution in [0.1, 0.15) is 58.3 Å². The van der Waals surface area contributed by atoms with Gasteiger partial charge in [-0.1, -0.05) is 19.8 Å². The molecule has 0 N–H and O–H groups in total. The Hall–Kier alpha value is -0.530. The minimum Gasteiger partial charge on any atom is -0.465 e. The van der Waals surface area contributed by atoms with Crippen molar-refractivity contribution in [3.05, 3.63) is 0 Å². The number of esters is 1. The van der Waals surface area contributed by atoms with Crippen molar-refractivity contribution >= 4 is 5.97 Å². The molecular formula is C16H26O2. The lowest BCUT2D eigenvalue weighted by Crippen LogP contribution is -2.26. The summed E-state index contributed by atoms with van der Waals surface area (Å²) in [4.78, 5) is 12.1. The lowest BCUT2D eigenvalue weighted by molar-refractivity contribution is -0.152. The summed E-state index contributed by atoms with van der Waals surface area (Å²) in [5, 5.41) is 0. The summed E-state index contributed by atoms with van der Waals surface area (Å²) < 4.78 is 5.60. The molecular weight excluding hydrogens is 224 g/mol. The first kappa shape index (κ1) is 12.5. The van der Waals surface area contributed by atoms with Gasteiger partial charge in [0.15, 0.2) is 0 Å². The lowest BCUT2D eigenvalue weighted by atomic mass is 9.82.